The molecule has 0 radical (unpaired) electrons. The Balaban J connectivity index is 2.03. The van der Waals surface area contributed by atoms with Crippen LogP contribution in [-0.4, -0.2) is 46.4 Å². The summed E-state index contributed by atoms with van der Waals surface area (Å²) in [5.74, 6) is -1.04. The molecule has 2 aromatic rings. The van der Waals surface area contributed by atoms with Crippen LogP contribution < -0.4 is 9.73 Å². The van der Waals surface area contributed by atoms with E-state index in [0.29, 0.717) is 16.8 Å². The van der Waals surface area contributed by atoms with E-state index in [4.69, 9.17) is 0 Å². The van der Waals surface area contributed by atoms with E-state index in [2.05, 4.69) is 15.3 Å². The van der Waals surface area contributed by atoms with Crippen molar-refractivity contribution in [2.75, 3.05) is 24.2 Å². The number of hydrogen-bond acceptors (Lipinski definition) is 6. The minimum Gasteiger partial charge on any atom is -0.465 e. The number of benzene rings is 2. The molecule has 0 heterocycles. The summed E-state index contributed by atoms with van der Waals surface area (Å²) in [5.41, 5.74) is 4.62. The van der Waals surface area contributed by atoms with Crippen molar-refractivity contribution in [1.29, 1.82) is 0 Å². The van der Waals surface area contributed by atoms with Gasteiger partial charge in [-0.1, -0.05) is 24.3 Å². The minimum absolute atomic E-state index is 0.394. The van der Waals surface area contributed by atoms with Gasteiger partial charge in [0, 0.05) is 0 Å². The standard InChI is InChI=1S/C19H21N3O5S/c1-14-5-4-6-17(11-14)22(28(3,25)26)13-18(23)21-20-12-15-7-9-16(10-8-15)19(24)27-2/h4-12H,13H2,1-3H3,(H,21,23)/b20-12+. The fourth-order valence-corrected chi connectivity index (χ4v) is 3.20. The number of methoxy groups -OCH3 is 1. The molecule has 0 saturated heterocycles. The van der Waals surface area contributed by atoms with Gasteiger partial charge in [0.15, 0.2) is 0 Å². The zero-order chi connectivity index (χ0) is 20.7. The summed E-state index contributed by atoms with van der Waals surface area (Å²) in [6.45, 7) is 1.43. The molecule has 8 nitrogen and oxygen atoms in total. The number of hydrogen-bond donors (Lipinski definition) is 1. The molecule has 28 heavy (non-hydrogen) atoms. The lowest BCUT2D eigenvalue weighted by Crippen LogP contribution is -2.39. The number of hydrazone groups is 1. The molecule has 0 aliphatic heterocycles. The number of esters is 1. The van der Waals surface area contributed by atoms with Gasteiger partial charge in [-0.05, 0) is 42.3 Å². The number of rotatable bonds is 7. The van der Waals surface area contributed by atoms with Crippen molar-refractivity contribution in [2.24, 2.45) is 5.10 Å². The Morgan fingerprint density at radius 1 is 1.18 bits per heavy atom. The summed E-state index contributed by atoms with van der Waals surface area (Å²) >= 11 is 0. The van der Waals surface area contributed by atoms with Gasteiger partial charge in [0.25, 0.3) is 5.91 Å². The summed E-state index contributed by atoms with van der Waals surface area (Å²) in [5, 5.41) is 3.82. The summed E-state index contributed by atoms with van der Waals surface area (Å²) in [4.78, 5) is 23.5. The molecule has 0 aliphatic carbocycles. The molecule has 1 amide bonds. The van der Waals surface area contributed by atoms with E-state index in [1.54, 1.807) is 42.5 Å². The topological polar surface area (TPSA) is 105 Å². The Morgan fingerprint density at radius 3 is 2.43 bits per heavy atom. The van der Waals surface area contributed by atoms with Crippen LogP contribution in [0.25, 0.3) is 0 Å². The molecule has 0 atom stereocenters. The van der Waals surface area contributed by atoms with Crippen LogP contribution in [0, 0.1) is 6.92 Å². The Hall–Kier alpha value is -3.20. The Bertz CT molecular complexity index is 985. The van der Waals surface area contributed by atoms with Gasteiger partial charge in [-0.25, -0.2) is 18.6 Å². The van der Waals surface area contributed by atoms with E-state index in [-0.39, 0.29) is 0 Å². The monoisotopic (exact) mass is 403 g/mol. The van der Waals surface area contributed by atoms with Gasteiger partial charge in [-0.3, -0.25) is 9.10 Å². The van der Waals surface area contributed by atoms with E-state index < -0.39 is 28.4 Å². The highest BCUT2D eigenvalue weighted by Crippen LogP contribution is 2.18. The maximum absolute atomic E-state index is 12.1. The minimum atomic E-state index is -3.65. The van der Waals surface area contributed by atoms with Crippen LogP contribution in [0.1, 0.15) is 21.5 Å². The third kappa shape index (κ3) is 5.92. The molecule has 0 spiro atoms. The van der Waals surface area contributed by atoms with Crippen LogP contribution in [0.2, 0.25) is 0 Å². The quantitative estimate of drug-likeness (QED) is 0.430. The van der Waals surface area contributed by atoms with Crippen molar-refractivity contribution in [3.63, 3.8) is 0 Å². The summed E-state index contributed by atoms with van der Waals surface area (Å²) < 4.78 is 29.7. The maximum Gasteiger partial charge on any atom is 0.337 e. The second-order valence-electron chi connectivity index (χ2n) is 6.02. The zero-order valence-electron chi connectivity index (χ0n) is 15.7. The van der Waals surface area contributed by atoms with Crippen LogP contribution in [0.5, 0.6) is 0 Å². The normalized spacial score (nSPS) is 11.2. The first-order valence-corrected chi connectivity index (χ1v) is 10.1. The lowest BCUT2D eigenvalue weighted by molar-refractivity contribution is -0.119. The Kier molecular flexibility index (Phi) is 6.89. The SMILES string of the molecule is COC(=O)c1ccc(/C=N/NC(=O)CN(c2cccc(C)c2)S(C)(=O)=O)cc1. The number of nitrogens with zero attached hydrogens (tertiary/aromatic N) is 2. The van der Waals surface area contributed by atoms with Gasteiger partial charge in [0.1, 0.15) is 6.54 Å². The molecule has 0 aromatic heterocycles. The van der Waals surface area contributed by atoms with Crippen LogP contribution in [-0.2, 0) is 19.6 Å². The molecule has 2 aromatic carbocycles. The van der Waals surface area contributed by atoms with Crippen molar-refractivity contribution >= 4 is 33.8 Å². The second kappa shape index (κ2) is 9.14. The van der Waals surface area contributed by atoms with Crippen molar-refractivity contribution in [3.8, 4) is 0 Å². The first-order valence-electron chi connectivity index (χ1n) is 8.25. The molecular weight excluding hydrogens is 382 g/mol. The molecule has 148 valence electrons. The summed E-state index contributed by atoms with van der Waals surface area (Å²) in [6.07, 6.45) is 2.42. The predicted octanol–water partition coefficient (Wildman–Crippen LogP) is 1.70. The van der Waals surface area contributed by atoms with Gasteiger partial charge in [0.05, 0.1) is 30.8 Å². The van der Waals surface area contributed by atoms with Gasteiger partial charge in [-0.2, -0.15) is 5.10 Å². The Labute approximate surface area is 163 Å². The molecule has 0 aliphatic rings. The van der Waals surface area contributed by atoms with Gasteiger partial charge in [0.2, 0.25) is 10.0 Å². The van der Waals surface area contributed by atoms with Gasteiger partial charge < -0.3 is 4.74 Å². The van der Waals surface area contributed by atoms with Crippen LogP contribution >= 0.6 is 0 Å². The Morgan fingerprint density at radius 2 is 1.86 bits per heavy atom. The number of aryl methyl sites for hydroxylation is 1. The van der Waals surface area contributed by atoms with Gasteiger partial charge in [-0.15, -0.1) is 0 Å². The lowest BCUT2D eigenvalue weighted by Gasteiger charge is -2.21. The van der Waals surface area contributed by atoms with Crippen molar-refractivity contribution in [2.45, 2.75) is 6.92 Å². The second-order valence-corrected chi connectivity index (χ2v) is 7.92. The summed E-state index contributed by atoms with van der Waals surface area (Å²) in [6, 6.07) is 13.3. The highest BCUT2D eigenvalue weighted by atomic mass is 32.2. The number of amides is 1. The molecule has 9 heteroatoms. The van der Waals surface area contributed by atoms with E-state index in [9.17, 15) is 18.0 Å². The van der Waals surface area contributed by atoms with Crippen molar-refractivity contribution in [1.82, 2.24) is 5.43 Å². The van der Waals surface area contributed by atoms with Crippen LogP contribution in [0.4, 0.5) is 5.69 Å². The number of anilines is 1. The van der Waals surface area contributed by atoms with E-state index in [0.717, 1.165) is 16.1 Å². The molecule has 0 unspecified atom stereocenters. The molecular formula is C19H21N3O5S. The first kappa shape index (κ1) is 21.1. The number of nitrogens with one attached hydrogen (secondary N) is 1. The number of carbonyl (C=O) groups excluding carboxylic acids is 2. The van der Waals surface area contributed by atoms with Crippen LogP contribution in [0.15, 0.2) is 53.6 Å². The third-order valence-corrected chi connectivity index (χ3v) is 4.85. The predicted molar refractivity (Wildman–Crippen MR) is 107 cm³/mol. The smallest absolute Gasteiger partial charge is 0.337 e. The fraction of sp³-hybridized carbons (Fsp3) is 0.211. The molecule has 1 N–H and O–H groups in total. The largest absolute Gasteiger partial charge is 0.465 e. The summed E-state index contributed by atoms with van der Waals surface area (Å²) in [7, 11) is -2.35. The number of carbonyl (C=O) groups is 2. The molecule has 2 rings (SSSR count). The van der Waals surface area contributed by atoms with Crippen LogP contribution in [0.3, 0.4) is 0 Å². The highest BCUT2D eigenvalue weighted by Gasteiger charge is 2.20. The van der Waals surface area contributed by atoms with E-state index >= 15 is 0 Å². The molecule has 0 bridgehead atoms. The fourth-order valence-electron chi connectivity index (χ4n) is 2.35. The zero-order valence-corrected chi connectivity index (χ0v) is 16.6. The van der Waals surface area contributed by atoms with E-state index in [1.807, 2.05) is 13.0 Å². The average molecular weight is 403 g/mol. The lowest BCUT2D eigenvalue weighted by atomic mass is 10.1. The van der Waals surface area contributed by atoms with Gasteiger partial charge >= 0.3 is 5.97 Å². The molecule has 0 fully saturated rings. The van der Waals surface area contributed by atoms with Crippen molar-refractivity contribution < 1.29 is 22.7 Å². The number of ether oxygens (including phenoxy) is 1. The number of sulfonamides is 1. The first-order chi connectivity index (χ1) is 13.2. The third-order valence-electron chi connectivity index (χ3n) is 3.71. The maximum atomic E-state index is 12.1. The van der Waals surface area contributed by atoms with Crippen molar-refractivity contribution in [3.05, 3.63) is 65.2 Å². The highest BCUT2D eigenvalue weighted by molar-refractivity contribution is 7.92. The van der Waals surface area contributed by atoms with E-state index in [1.165, 1.54) is 13.3 Å². The average Bonchev–Trinajstić information content (AvgIpc) is 2.65. The molecule has 0 saturated carbocycles.